The SMILES string of the molecule is COc1nnc(COc2cccc(-c3cc(F)c(Cc4nc5ccc(C(=O)O)cc5n4CC4(CF)CC4)c(F)c3F)n2)s1.COc1nnc(COc2cccc(-c3cc(F)c(Cc4nc5ccc(C(=O)O)cc5n4CC4(CF)CC4)c(F)c3F)n2)s1. The Balaban J connectivity index is 0.000000179. The number of pyridine rings is 2. The van der Waals surface area contributed by atoms with Crippen molar-refractivity contribution in [3.05, 3.63) is 164 Å². The smallest absolute Gasteiger partial charge is 0.335 e. The fourth-order valence-corrected chi connectivity index (χ4v) is 10.7. The highest BCUT2D eigenvalue weighted by molar-refractivity contribution is 7.13. The quantitative estimate of drug-likeness (QED) is 0.0475. The summed E-state index contributed by atoms with van der Waals surface area (Å²) in [7, 11) is 2.91. The lowest BCUT2D eigenvalue weighted by molar-refractivity contribution is 0.0686. The van der Waals surface area contributed by atoms with Gasteiger partial charge in [0, 0.05) is 71.1 Å². The van der Waals surface area contributed by atoms with Gasteiger partial charge in [-0.2, -0.15) is 0 Å². The fourth-order valence-electron chi connectivity index (χ4n) is 9.52. The van der Waals surface area contributed by atoms with Crippen molar-refractivity contribution < 1.29 is 73.9 Å². The molecule has 18 nitrogen and oxygen atoms in total. The molecule has 0 bridgehead atoms. The molecule has 4 aromatic carbocycles. The normalized spacial score (nSPS) is 13.8. The molecule has 0 spiro atoms. The first-order valence-corrected chi connectivity index (χ1v) is 27.9. The minimum Gasteiger partial charge on any atom is -0.478 e. The number of methoxy groups -OCH3 is 2. The maximum absolute atomic E-state index is 15.5. The van der Waals surface area contributed by atoms with Crippen LogP contribution in [0.25, 0.3) is 44.6 Å². The lowest BCUT2D eigenvalue weighted by Gasteiger charge is -2.16. The van der Waals surface area contributed by atoms with Gasteiger partial charge >= 0.3 is 11.9 Å². The van der Waals surface area contributed by atoms with Crippen molar-refractivity contribution in [3.63, 3.8) is 0 Å². The summed E-state index contributed by atoms with van der Waals surface area (Å²) in [5, 5.41) is 36.0. The van der Waals surface area contributed by atoms with Crippen molar-refractivity contribution in [1.29, 1.82) is 0 Å². The van der Waals surface area contributed by atoms with Crippen molar-refractivity contribution >= 4 is 56.7 Å². The van der Waals surface area contributed by atoms with Crippen LogP contribution in [0.3, 0.4) is 0 Å². The molecule has 6 aromatic heterocycles. The van der Waals surface area contributed by atoms with Crippen LogP contribution in [0.2, 0.25) is 0 Å². The minimum absolute atomic E-state index is 0.000271. The topological polar surface area (TPSA) is 224 Å². The zero-order chi connectivity index (χ0) is 60.6. The number of hydrogen-bond acceptors (Lipinski definition) is 16. The number of imidazole rings is 2. The maximum Gasteiger partial charge on any atom is 0.335 e. The summed E-state index contributed by atoms with van der Waals surface area (Å²) >= 11 is 2.33. The molecule has 0 unspecified atom stereocenters. The molecule has 2 aliphatic rings. The maximum atomic E-state index is 15.5. The molecule has 10 aromatic rings. The Hall–Kier alpha value is -9.18. The first-order valence-electron chi connectivity index (χ1n) is 26.2. The number of fused-ring (bicyclic) bond motifs is 2. The van der Waals surface area contributed by atoms with Crippen LogP contribution in [0.15, 0.2) is 84.9 Å². The lowest BCUT2D eigenvalue weighted by Crippen LogP contribution is -2.17. The molecule has 28 heteroatoms. The summed E-state index contributed by atoms with van der Waals surface area (Å²) < 4.78 is 145. The number of rotatable bonds is 22. The molecule has 0 aliphatic heterocycles. The van der Waals surface area contributed by atoms with Gasteiger partial charge in [0.2, 0.25) is 11.8 Å². The first-order chi connectivity index (χ1) is 41.4. The molecule has 2 fully saturated rings. The van der Waals surface area contributed by atoms with Gasteiger partial charge in [-0.25, -0.2) is 55.9 Å². The standard InChI is InChI=1S/2C29H23F4N5O4S/c2*1-41-28-37-36-24(43-28)12-42-23-4-2-3-19(35-23)17-10-18(31)16(25(32)26(17)33)11-22-34-20-6-5-15(27(39)40)9-21(20)38(22)14-29(13-30)7-8-29/h2*2-6,9-10H,7-8,11-14H2,1H3,(H,39,40). The summed E-state index contributed by atoms with van der Waals surface area (Å²) in [6, 6.07) is 19.0. The zero-order valence-electron chi connectivity index (χ0n) is 45.2. The third kappa shape index (κ3) is 12.2. The molecule has 86 heavy (non-hydrogen) atoms. The van der Waals surface area contributed by atoms with Crippen molar-refractivity contribution in [2.75, 3.05) is 27.6 Å². The van der Waals surface area contributed by atoms with Crippen molar-refractivity contribution in [2.24, 2.45) is 10.8 Å². The third-order valence-corrected chi connectivity index (χ3v) is 16.4. The number of halogens is 8. The average molecular weight is 1230 g/mol. The Morgan fingerprint density at radius 3 is 1.30 bits per heavy atom. The van der Waals surface area contributed by atoms with Gasteiger partial charge in [0.05, 0.1) is 72.2 Å². The van der Waals surface area contributed by atoms with E-state index in [4.69, 9.17) is 18.9 Å². The highest BCUT2D eigenvalue weighted by atomic mass is 32.1. The molecule has 2 aliphatic carbocycles. The van der Waals surface area contributed by atoms with Gasteiger partial charge in [-0.05, 0) is 86.3 Å². The third-order valence-electron chi connectivity index (χ3n) is 14.7. The number of nitrogens with zero attached hydrogens (tertiary/aromatic N) is 10. The number of ether oxygens (including phenoxy) is 4. The zero-order valence-corrected chi connectivity index (χ0v) is 46.9. The molecule has 0 radical (unpaired) electrons. The Morgan fingerprint density at radius 2 is 0.953 bits per heavy atom. The van der Waals surface area contributed by atoms with Crippen molar-refractivity contribution in [2.45, 2.75) is 64.8 Å². The number of carbonyl (C=O) groups is 2. The highest BCUT2D eigenvalue weighted by Crippen LogP contribution is 2.49. The monoisotopic (exact) mass is 1230 g/mol. The fraction of sp³-hybridized carbons (Fsp3) is 0.276. The number of aromatic carboxylic acids is 2. The van der Waals surface area contributed by atoms with E-state index in [1.165, 1.54) is 87.0 Å². The first kappa shape index (κ1) is 58.6. The van der Waals surface area contributed by atoms with Gasteiger partial charge in [-0.15, -0.1) is 10.2 Å². The molecule has 0 saturated heterocycles. The second-order valence-electron chi connectivity index (χ2n) is 20.5. The number of aromatic nitrogens is 10. The van der Waals surface area contributed by atoms with Gasteiger partial charge in [0.15, 0.2) is 33.3 Å². The molecular weight excluding hydrogens is 1180 g/mol. The number of hydrogen-bond donors (Lipinski definition) is 2. The molecule has 12 rings (SSSR count). The van der Waals surface area contributed by atoms with E-state index in [0.29, 0.717) is 68.2 Å². The lowest BCUT2D eigenvalue weighted by atomic mass is 10.0. The minimum atomic E-state index is -1.42. The van der Waals surface area contributed by atoms with Crippen LogP contribution in [0.1, 0.15) is 79.2 Å². The second-order valence-corrected chi connectivity index (χ2v) is 22.6. The number of carboxylic acid groups (broad SMARTS) is 2. The van der Waals surface area contributed by atoms with Crippen LogP contribution in [0, 0.1) is 45.7 Å². The largest absolute Gasteiger partial charge is 0.478 e. The second kappa shape index (κ2) is 24.1. The predicted octanol–water partition coefficient (Wildman–Crippen LogP) is 12.0. The van der Waals surface area contributed by atoms with E-state index >= 15 is 26.3 Å². The van der Waals surface area contributed by atoms with E-state index in [2.05, 4.69) is 40.3 Å². The van der Waals surface area contributed by atoms with Crippen LogP contribution >= 0.6 is 22.7 Å². The Morgan fingerprint density at radius 1 is 0.547 bits per heavy atom. The van der Waals surface area contributed by atoms with Gasteiger partial charge in [0.25, 0.3) is 10.4 Å². The summed E-state index contributed by atoms with van der Waals surface area (Å²) in [4.78, 5) is 40.4. The number of benzene rings is 4. The van der Waals surface area contributed by atoms with Crippen LogP contribution in [0.4, 0.5) is 35.1 Å². The molecular formula is C58H46F8N10O8S2. The van der Waals surface area contributed by atoms with E-state index in [1.54, 1.807) is 9.13 Å². The van der Waals surface area contributed by atoms with Crippen LogP contribution < -0.4 is 18.9 Å². The van der Waals surface area contributed by atoms with Crippen LogP contribution in [-0.2, 0) is 39.1 Å². The van der Waals surface area contributed by atoms with E-state index < -0.39 is 106 Å². The molecule has 0 atom stereocenters. The van der Waals surface area contributed by atoms with E-state index in [9.17, 15) is 28.6 Å². The summed E-state index contributed by atoms with van der Waals surface area (Å²) in [5.74, 6) is -9.38. The van der Waals surface area contributed by atoms with E-state index in [1.807, 2.05) is 0 Å². The van der Waals surface area contributed by atoms with E-state index in [0.717, 1.165) is 34.8 Å². The number of carboxylic acids is 2. The molecule has 0 amide bonds. The van der Waals surface area contributed by atoms with Gasteiger partial charge < -0.3 is 38.3 Å². The van der Waals surface area contributed by atoms with Crippen LogP contribution in [0.5, 0.6) is 22.1 Å². The molecule has 2 saturated carbocycles. The van der Waals surface area contributed by atoms with Gasteiger partial charge in [-0.1, -0.05) is 45.0 Å². The summed E-state index contributed by atoms with van der Waals surface area (Å²) in [6.45, 7) is -0.935. The molecule has 6 heterocycles. The Labute approximate surface area is 489 Å². The number of alkyl halides is 2. The highest BCUT2D eigenvalue weighted by Gasteiger charge is 2.45. The van der Waals surface area contributed by atoms with Crippen molar-refractivity contribution in [1.82, 2.24) is 49.5 Å². The van der Waals surface area contributed by atoms with Crippen LogP contribution in [-0.4, -0.2) is 99.2 Å². The van der Waals surface area contributed by atoms with Gasteiger partial charge in [-0.3, -0.25) is 8.78 Å². The van der Waals surface area contributed by atoms with Gasteiger partial charge in [0.1, 0.15) is 36.5 Å². The van der Waals surface area contributed by atoms with Crippen molar-refractivity contribution in [3.8, 4) is 44.7 Å². The molecule has 444 valence electrons. The van der Waals surface area contributed by atoms with E-state index in [-0.39, 0.29) is 72.2 Å². The predicted molar refractivity (Wildman–Crippen MR) is 295 cm³/mol. The summed E-state index contributed by atoms with van der Waals surface area (Å²) in [5.41, 5.74) is -1.88. The Bertz CT molecular complexity index is 3980. The average Bonchev–Trinajstić information content (AvgIpc) is 2.50. The summed E-state index contributed by atoms with van der Waals surface area (Å²) in [6.07, 6.45) is 1.54. The Kier molecular flexibility index (Phi) is 16.4. The molecule has 2 N–H and O–H groups in total.